The van der Waals surface area contributed by atoms with Gasteiger partial charge in [0.05, 0.1) is 6.42 Å². The Morgan fingerprint density at radius 3 is 2.58 bits per heavy atom. The zero-order chi connectivity index (χ0) is 17.1. The van der Waals surface area contributed by atoms with Crippen LogP contribution in [-0.4, -0.2) is 18.9 Å². The van der Waals surface area contributed by atoms with Crippen LogP contribution in [0.5, 0.6) is 0 Å². The molecule has 0 unspecified atom stereocenters. The van der Waals surface area contributed by atoms with E-state index in [9.17, 15) is 9.59 Å². The lowest BCUT2D eigenvalue weighted by Crippen LogP contribution is -2.31. The fourth-order valence-corrected chi connectivity index (χ4v) is 3.00. The van der Waals surface area contributed by atoms with Crippen molar-refractivity contribution in [3.05, 3.63) is 64.2 Å². The van der Waals surface area contributed by atoms with Crippen molar-refractivity contribution in [3.8, 4) is 0 Å². The van der Waals surface area contributed by atoms with Gasteiger partial charge in [-0.1, -0.05) is 35.9 Å². The predicted molar refractivity (Wildman–Crippen MR) is 95.2 cm³/mol. The number of nitrogens with zero attached hydrogens (tertiary/aromatic N) is 1. The minimum absolute atomic E-state index is 0.0230. The van der Waals surface area contributed by atoms with Crippen molar-refractivity contribution < 1.29 is 9.59 Å². The molecule has 0 radical (unpaired) electrons. The number of anilines is 1. The first-order valence-electron chi connectivity index (χ1n) is 7.92. The number of amides is 2. The lowest BCUT2D eigenvalue weighted by atomic mass is 9.98. The first-order chi connectivity index (χ1) is 11.5. The van der Waals surface area contributed by atoms with Gasteiger partial charge in [0.25, 0.3) is 0 Å². The molecule has 0 saturated heterocycles. The molecule has 2 aromatic rings. The second-order valence-corrected chi connectivity index (χ2v) is 6.43. The topological polar surface area (TPSA) is 49.4 Å². The zero-order valence-electron chi connectivity index (χ0n) is 13.5. The lowest BCUT2D eigenvalue weighted by Gasteiger charge is -2.26. The van der Waals surface area contributed by atoms with E-state index in [-0.39, 0.29) is 11.8 Å². The molecular weight excluding hydrogens is 324 g/mol. The largest absolute Gasteiger partial charge is 0.352 e. The number of rotatable bonds is 4. The molecule has 0 saturated carbocycles. The maximum Gasteiger partial charge on any atom is 0.227 e. The van der Waals surface area contributed by atoms with Crippen LogP contribution in [0.3, 0.4) is 0 Å². The maximum atomic E-state index is 12.1. The molecule has 0 atom stereocenters. The summed E-state index contributed by atoms with van der Waals surface area (Å²) in [5.41, 5.74) is 4.04. The van der Waals surface area contributed by atoms with Gasteiger partial charge in [-0.15, -0.1) is 0 Å². The predicted octanol–water partition coefficient (Wildman–Crippen LogP) is 3.11. The molecule has 2 aromatic carbocycles. The molecule has 0 aromatic heterocycles. The van der Waals surface area contributed by atoms with Crippen LogP contribution in [0.15, 0.2) is 42.5 Å². The average Bonchev–Trinajstić information content (AvgIpc) is 2.58. The Hall–Kier alpha value is -2.33. The van der Waals surface area contributed by atoms with Crippen LogP contribution in [0.25, 0.3) is 0 Å². The van der Waals surface area contributed by atoms with Crippen LogP contribution in [0.2, 0.25) is 5.02 Å². The van der Waals surface area contributed by atoms with E-state index in [4.69, 9.17) is 11.6 Å². The van der Waals surface area contributed by atoms with Crippen molar-refractivity contribution in [2.75, 3.05) is 11.9 Å². The number of halogens is 1. The molecule has 4 nitrogen and oxygen atoms in total. The fraction of sp³-hybridized carbons (Fsp3) is 0.263. The number of hydrogen-bond donors (Lipinski definition) is 1. The number of hydrogen-bond acceptors (Lipinski definition) is 2. The maximum absolute atomic E-state index is 12.1. The summed E-state index contributed by atoms with van der Waals surface area (Å²) < 4.78 is 0. The summed E-state index contributed by atoms with van der Waals surface area (Å²) in [6.45, 7) is 0.484. The van der Waals surface area contributed by atoms with E-state index in [0.717, 1.165) is 28.8 Å². The molecule has 1 N–H and O–H groups in total. The third-order valence-electron chi connectivity index (χ3n) is 4.26. The summed E-state index contributed by atoms with van der Waals surface area (Å²) in [7, 11) is 1.79. The number of fused-ring (bicyclic) bond motifs is 1. The normalized spacial score (nSPS) is 13.6. The van der Waals surface area contributed by atoms with Gasteiger partial charge in [0, 0.05) is 30.7 Å². The monoisotopic (exact) mass is 342 g/mol. The van der Waals surface area contributed by atoms with Gasteiger partial charge in [-0.25, -0.2) is 0 Å². The van der Waals surface area contributed by atoms with Crippen LogP contribution >= 0.6 is 11.6 Å². The second kappa shape index (κ2) is 7.05. The van der Waals surface area contributed by atoms with E-state index in [1.54, 1.807) is 11.9 Å². The molecule has 0 bridgehead atoms. The average molecular weight is 343 g/mol. The van der Waals surface area contributed by atoms with Crippen LogP contribution in [-0.2, 0) is 29.0 Å². The first-order valence-corrected chi connectivity index (χ1v) is 8.30. The first kappa shape index (κ1) is 16.5. The van der Waals surface area contributed by atoms with Gasteiger partial charge in [0.2, 0.25) is 11.8 Å². The Balaban J connectivity index is 1.60. The van der Waals surface area contributed by atoms with Gasteiger partial charge in [-0.3, -0.25) is 9.59 Å². The quantitative estimate of drug-likeness (QED) is 0.928. The van der Waals surface area contributed by atoms with Crippen LogP contribution in [0, 0.1) is 0 Å². The zero-order valence-corrected chi connectivity index (χ0v) is 14.3. The van der Waals surface area contributed by atoms with E-state index in [0.29, 0.717) is 24.4 Å². The van der Waals surface area contributed by atoms with Gasteiger partial charge >= 0.3 is 0 Å². The molecule has 3 rings (SSSR count). The molecule has 1 aliphatic heterocycles. The van der Waals surface area contributed by atoms with Gasteiger partial charge in [-0.05, 0) is 41.3 Å². The Kier molecular flexibility index (Phi) is 4.86. The Bertz CT molecular complexity index is 771. The van der Waals surface area contributed by atoms with Gasteiger partial charge in [0.15, 0.2) is 0 Å². The standard InChI is InChI=1S/C19H19ClN2O2/c1-22-17-8-4-14(10-15(17)5-9-19(22)24)11-18(23)21-12-13-2-6-16(20)7-3-13/h2-4,6-8,10H,5,9,11-12H2,1H3,(H,21,23). The number of aryl methyl sites for hydroxylation is 1. The molecule has 0 fully saturated rings. The highest BCUT2D eigenvalue weighted by Crippen LogP contribution is 2.27. The number of carbonyl (C=O) groups is 2. The molecule has 1 heterocycles. The molecule has 1 aliphatic rings. The third-order valence-corrected chi connectivity index (χ3v) is 4.51. The van der Waals surface area contributed by atoms with Crippen LogP contribution in [0.1, 0.15) is 23.1 Å². The lowest BCUT2D eigenvalue weighted by molar-refractivity contribution is -0.120. The molecule has 5 heteroatoms. The summed E-state index contributed by atoms with van der Waals surface area (Å²) in [4.78, 5) is 25.5. The summed E-state index contributed by atoms with van der Waals surface area (Å²) in [6.07, 6.45) is 1.59. The van der Waals surface area contributed by atoms with Crippen molar-refractivity contribution in [2.45, 2.75) is 25.8 Å². The highest BCUT2D eigenvalue weighted by Gasteiger charge is 2.20. The molecule has 124 valence electrons. The fourth-order valence-electron chi connectivity index (χ4n) is 2.87. The number of nitrogens with one attached hydrogen (secondary N) is 1. The van der Waals surface area contributed by atoms with Crippen molar-refractivity contribution >= 4 is 29.1 Å². The summed E-state index contributed by atoms with van der Waals surface area (Å²) >= 11 is 5.85. The third kappa shape index (κ3) is 3.77. The number of benzene rings is 2. The SMILES string of the molecule is CN1C(=O)CCc2cc(CC(=O)NCc3ccc(Cl)cc3)ccc21. The minimum Gasteiger partial charge on any atom is -0.352 e. The summed E-state index contributed by atoms with van der Waals surface area (Å²) in [6, 6.07) is 13.3. The van der Waals surface area contributed by atoms with E-state index in [2.05, 4.69) is 5.32 Å². The number of carbonyl (C=O) groups excluding carboxylic acids is 2. The Labute approximate surface area is 146 Å². The van der Waals surface area contributed by atoms with Crippen molar-refractivity contribution in [2.24, 2.45) is 0 Å². The van der Waals surface area contributed by atoms with E-state index >= 15 is 0 Å². The van der Waals surface area contributed by atoms with E-state index in [1.165, 1.54) is 0 Å². The van der Waals surface area contributed by atoms with Crippen molar-refractivity contribution in [3.63, 3.8) is 0 Å². The molecular formula is C19H19ClN2O2. The molecule has 24 heavy (non-hydrogen) atoms. The van der Waals surface area contributed by atoms with E-state index in [1.807, 2.05) is 42.5 Å². The van der Waals surface area contributed by atoms with Crippen molar-refractivity contribution in [1.82, 2.24) is 5.32 Å². The van der Waals surface area contributed by atoms with Gasteiger partial charge in [-0.2, -0.15) is 0 Å². The van der Waals surface area contributed by atoms with E-state index < -0.39 is 0 Å². The summed E-state index contributed by atoms with van der Waals surface area (Å²) in [5.74, 6) is 0.112. The highest BCUT2D eigenvalue weighted by molar-refractivity contribution is 6.30. The molecule has 0 spiro atoms. The highest BCUT2D eigenvalue weighted by atomic mass is 35.5. The van der Waals surface area contributed by atoms with Crippen LogP contribution < -0.4 is 10.2 Å². The van der Waals surface area contributed by atoms with Crippen LogP contribution in [0.4, 0.5) is 5.69 Å². The molecule has 0 aliphatic carbocycles. The van der Waals surface area contributed by atoms with Gasteiger partial charge < -0.3 is 10.2 Å². The Morgan fingerprint density at radius 2 is 1.83 bits per heavy atom. The Morgan fingerprint density at radius 1 is 1.12 bits per heavy atom. The molecule has 2 amide bonds. The van der Waals surface area contributed by atoms with Crippen molar-refractivity contribution in [1.29, 1.82) is 0 Å². The second-order valence-electron chi connectivity index (χ2n) is 6.00. The summed E-state index contributed by atoms with van der Waals surface area (Å²) in [5, 5.41) is 3.60. The van der Waals surface area contributed by atoms with Gasteiger partial charge in [0.1, 0.15) is 0 Å². The smallest absolute Gasteiger partial charge is 0.227 e. The minimum atomic E-state index is -0.0230.